The van der Waals surface area contributed by atoms with Crippen LogP contribution < -0.4 is 15.4 Å². The quantitative estimate of drug-likeness (QED) is 0.697. The molecule has 0 saturated heterocycles. The molecule has 1 aromatic heterocycles. The molecule has 0 radical (unpaired) electrons. The number of hydrogen-bond donors (Lipinski definition) is 2. The van der Waals surface area contributed by atoms with Crippen molar-refractivity contribution in [3.05, 3.63) is 56.9 Å². The first-order valence-electron chi connectivity index (χ1n) is 8.04. The van der Waals surface area contributed by atoms with Crippen molar-refractivity contribution < 1.29 is 18.7 Å². The number of benzene rings is 1. The van der Waals surface area contributed by atoms with E-state index in [1.54, 1.807) is 0 Å². The van der Waals surface area contributed by atoms with E-state index in [4.69, 9.17) is 16.3 Å². The van der Waals surface area contributed by atoms with Gasteiger partial charge in [0.25, 0.3) is 11.8 Å². The van der Waals surface area contributed by atoms with Gasteiger partial charge in [-0.2, -0.15) is 0 Å². The molecule has 0 atom stereocenters. The topological polar surface area (TPSA) is 80.3 Å². The minimum Gasteiger partial charge on any atom is -0.484 e. The molecular formula is C18H19ClFN3O3S. The Balaban J connectivity index is 1.69. The number of halogens is 2. The van der Waals surface area contributed by atoms with Crippen LogP contribution in [-0.2, 0) is 4.79 Å². The number of thiazole rings is 1. The fraction of sp³-hybridized carbons (Fsp3) is 0.278. The average Bonchev–Trinajstić information content (AvgIpc) is 2.95. The predicted molar refractivity (Wildman–Crippen MR) is 103 cm³/mol. The zero-order valence-electron chi connectivity index (χ0n) is 14.9. The number of hydrogen-bond acceptors (Lipinski definition) is 5. The number of rotatable bonds is 8. The van der Waals surface area contributed by atoms with E-state index >= 15 is 0 Å². The molecule has 2 N–H and O–H groups in total. The lowest BCUT2D eigenvalue weighted by atomic mass is 10.3. The van der Waals surface area contributed by atoms with Gasteiger partial charge in [0.2, 0.25) is 0 Å². The normalized spacial score (nSPS) is 10.4. The van der Waals surface area contributed by atoms with Gasteiger partial charge in [-0.25, -0.2) is 9.37 Å². The van der Waals surface area contributed by atoms with E-state index in [0.29, 0.717) is 23.7 Å². The summed E-state index contributed by atoms with van der Waals surface area (Å²) < 4.78 is 18.5. The molecule has 0 aliphatic heterocycles. The van der Waals surface area contributed by atoms with Crippen LogP contribution >= 0.6 is 22.9 Å². The largest absolute Gasteiger partial charge is 0.484 e. The molecule has 144 valence electrons. The van der Waals surface area contributed by atoms with E-state index in [1.807, 2.05) is 13.8 Å². The van der Waals surface area contributed by atoms with Crippen molar-refractivity contribution in [1.82, 2.24) is 15.6 Å². The first-order chi connectivity index (χ1) is 12.8. The third-order valence-electron chi connectivity index (χ3n) is 3.51. The predicted octanol–water partition coefficient (Wildman–Crippen LogP) is 3.38. The number of carbonyl (C=O) groups excluding carboxylic acids is 2. The van der Waals surface area contributed by atoms with Crippen molar-refractivity contribution in [2.45, 2.75) is 20.3 Å². The summed E-state index contributed by atoms with van der Waals surface area (Å²) in [4.78, 5) is 29.0. The maximum atomic E-state index is 13.3. The summed E-state index contributed by atoms with van der Waals surface area (Å²) in [5.41, 5.74) is 1.26. The number of amides is 2. The number of nitrogens with zero attached hydrogens (tertiary/aromatic N) is 1. The summed E-state index contributed by atoms with van der Waals surface area (Å²) in [7, 11) is 0. The Labute approximate surface area is 165 Å². The van der Waals surface area contributed by atoms with Crippen LogP contribution in [0.1, 0.15) is 26.8 Å². The molecule has 0 aliphatic rings. The summed E-state index contributed by atoms with van der Waals surface area (Å²) in [6, 6.07) is 3.91. The van der Waals surface area contributed by atoms with E-state index in [2.05, 4.69) is 22.2 Å². The van der Waals surface area contributed by atoms with Crippen molar-refractivity contribution in [1.29, 1.82) is 0 Å². The fourth-order valence-corrected chi connectivity index (χ4v) is 2.93. The Bertz CT molecular complexity index is 850. The van der Waals surface area contributed by atoms with Crippen molar-refractivity contribution in [2.24, 2.45) is 0 Å². The van der Waals surface area contributed by atoms with Crippen molar-refractivity contribution in [3.63, 3.8) is 0 Å². The SMILES string of the molecule is C=C(CCNC(=O)c1nc(C)c(C)s1)NC(=O)COc1ccc(Cl)c(F)c1. The van der Waals surface area contributed by atoms with Crippen LogP contribution in [0.25, 0.3) is 0 Å². The number of aryl methyl sites for hydroxylation is 2. The van der Waals surface area contributed by atoms with E-state index in [-0.39, 0.29) is 23.3 Å². The fourth-order valence-electron chi connectivity index (χ4n) is 1.98. The molecule has 1 heterocycles. The highest BCUT2D eigenvalue weighted by atomic mass is 35.5. The summed E-state index contributed by atoms with van der Waals surface area (Å²) in [5, 5.41) is 5.67. The van der Waals surface area contributed by atoms with Crippen molar-refractivity contribution >= 4 is 34.8 Å². The van der Waals surface area contributed by atoms with Gasteiger partial charge < -0.3 is 15.4 Å². The molecule has 6 nitrogen and oxygen atoms in total. The summed E-state index contributed by atoms with van der Waals surface area (Å²) >= 11 is 6.91. The van der Waals surface area contributed by atoms with Gasteiger partial charge in [-0.15, -0.1) is 11.3 Å². The molecule has 0 spiro atoms. The van der Waals surface area contributed by atoms with Gasteiger partial charge in [0.15, 0.2) is 11.6 Å². The van der Waals surface area contributed by atoms with Gasteiger partial charge in [0, 0.05) is 29.6 Å². The second-order valence-electron chi connectivity index (χ2n) is 5.68. The highest BCUT2D eigenvalue weighted by Crippen LogP contribution is 2.20. The number of ether oxygens (including phenoxy) is 1. The highest BCUT2D eigenvalue weighted by Gasteiger charge is 2.12. The van der Waals surface area contributed by atoms with E-state index < -0.39 is 11.7 Å². The molecule has 1 aromatic carbocycles. The minimum absolute atomic E-state index is 0.0229. The Hall–Kier alpha value is -2.45. The van der Waals surface area contributed by atoms with Crippen molar-refractivity contribution in [2.75, 3.05) is 13.2 Å². The molecule has 27 heavy (non-hydrogen) atoms. The maximum absolute atomic E-state index is 13.3. The van der Waals surface area contributed by atoms with Crippen LogP contribution in [0.4, 0.5) is 4.39 Å². The van der Waals surface area contributed by atoms with Gasteiger partial charge in [0.1, 0.15) is 11.6 Å². The van der Waals surface area contributed by atoms with Gasteiger partial charge >= 0.3 is 0 Å². The van der Waals surface area contributed by atoms with Gasteiger partial charge in [-0.05, 0) is 26.0 Å². The lowest BCUT2D eigenvalue weighted by Crippen LogP contribution is -2.30. The second-order valence-corrected chi connectivity index (χ2v) is 7.29. The maximum Gasteiger partial charge on any atom is 0.280 e. The monoisotopic (exact) mass is 411 g/mol. The molecule has 2 aromatic rings. The third kappa shape index (κ3) is 6.33. The molecular weight excluding hydrogens is 393 g/mol. The lowest BCUT2D eigenvalue weighted by molar-refractivity contribution is -0.122. The van der Waals surface area contributed by atoms with Crippen LogP contribution in [0.3, 0.4) is 0 Å². The van der Waals surface area contributed by atoms with Crippen LogP contribution in [0.15, 0.2) is 30.5 Å². The molecule has 0 unspecified atom stereocenters. The number of aromatic nitrogens is 1. The van der Waals surface area contributed by atoms with Gasteiger partial charge in [0.05, 0.1) is 10.7 Å². The summed E-state index contributed by atoms with van der Waals surface area (Å²) in [6.45, 7) is 7.49. The third-order valence-corrected chi connectivity index (χ3v) is 4.89. The Kier molecular flexibility index (Phi) is 7.32. The second kappa shape index (κ2) is 9.48. The first-order valence-corrected chi connectivity index (χ1v) is 9.23. The summed E-state index contributed by atoms with van der Waals surface area (Å²) in [5.74, 6) is -1.13. The average molecular weight is 412 g/mol. The van der Waals surface area contributed by atoms with Gasteiger partial charge in [-0.1, -0.05) is 18.2 Å². The van der Waals surface area contributed by atoms with E-state index in [0.717, 1.165) is 16.6 Å². The Morgan fingerprint density at radius 3 is 2.74 bits per heavy atom. The van der Waals surface area contributed by atoms with Crippen LogP contribution in [0.5, 0.6) is 5.75 Å². The lowest BCUT2D eigenvalue weighted by Gasteiger charge is -2.10. The Morgan fingerprint density at radius 1 is 1.37 bits per heavy atom. The molecule has 0 saturated carbocycles. The first kappa shape index (κ1) is 20.9. The standard InChI is InChI=1S/C18H19ClFN3O3S/c1-10(6-7-21-17(25)18-23-11(2)12(3)27-18)22-16(24)9-26-13-4-5-14(19)15(20)8-13/h4-5,8H,1,6-7,9H2,2-3H3,(H,21,25)(H,22,24). The smallest absolute Gasteiger partial charge is 0.280 e. The van der Waals surface area contributed by atoms with E-state index in [9.17, 15) is 14.0 Å². The zero-order valence-corrected chi connectivity index (χ0v) is 16.5. The molecule has 0 bridgehead atoms. The van der Waals surface area contributed by atoms with Crippen molar-refractivity contribution in [3.8, 4) is 5.75 Å². The molecule has 0 fully saturated rings. The van der Waals surface area contributed by atoms with Crippen LogP contribution in [0.2, 0.25) is 5.02 Å². The molecule has 2 amide bonds. The van der Waals surface area contributed by atoms with E-state index in [1.165, 1.54) is 23.5 Å². The summed E-state index contributed by atoms with van der Waals surface area (Å²) in [6.07, 6.45) is 0.358. The molecule has 0 aliphatic carbocycles. The molecule has 2 rings (SSSR count). The van der Waals surface area contributed by atoms with Gasteiger partial charge in [-0.3, -0.25) is 9.59 Å². The zero-order chi connectivity index (χ0) is 20.0. The molecule has 9 heteroatoms. The minimum atomic E-state index is -0.625. The van der Waals surface area contributed by atoms with Crippen LogP contribution in [0, 0.1) is 19.7 Å². The van der Waals surface area contributed by atoms with Crippen LogP contribution in [-0.4, -0.2) is 29.9 Å². The number of nitrogens with one attached hydrogen (secondary N) is 2. The Morgan fingerprint density at radius 2 is 2.11 bits per heavy atom. The number of carbonyl (C=O) groups is 2. The highest BCUT2D eigenvalue weighted by molar-refractivity contribution is 7.13.